The highest BCUT2D eigenvalue weighted by Crippen LogP contribution is 2.33. The van der Waals surface area contributed by atoms with Gasteiger partial charge in [0.2, 0.25) is 0 Å². The van der Waals surface area contributed by atoms with Gasteiger partial charge in [0.15, 0.2) is 0 Å². The number of halogens is 2. The van der Waals surface area contributed by atoms with Crippen molar-refractivity contribution in [1.82, 2.24) is 4.98 Å². The molecule has 3 aromatic rings. The quantitative estimate of drug-likeness (QED) is 0.599. The standard InChI is InChI=1S/C16H13Br2N3/c1-9-6-10(17)2-4-14(9)21-16-12-7-11(18)3-5-15(12)20-8-13(16)19/h2-8H,19H2,1H3,(H,20,21). The highest BCUT2D eigenvalue weighted by Gasteiger charge is 2.09. The molecule has 5 heteroatoms. The van der Waals surface area contributed by atoms with E-state index in [0.29, 0.717) is 5.69 Å². The molecule has 0 aliphatic carbocycles. The number of nitrogen functional groups attached to an aromatic ring is 1. The van der Waals surface area contributed by atoms with Crippen molar-refractivity contribution in [2.75, 3.05) is 11.1 Å². The van der Waals surface area contributed by atoms with Crippen LogP contribution in [-0.2, 0) is 0 Å². The maximum Gasteiger partial charge on any atom is 0.0746 e. The minimum Gasteiger partial charge on any atom is -0.396 e. The summed E-state index contributed by atoms with van der Waals surface area (Å²) >= 11 is 6.97. The SMILES string of the molecule is Cc1cc(Br)ccc1Nc1c(N)cnc2ccc(Br)cc12. The third-order valence-electron chi connectivity index (χ3n) is 3.31. The lowest BCUT2D eigenvalue weighted by molar-refractivity contribution is 1.38. The van der Waals surface area contributed by atoms with Crippen LogP contribution < -0.4 is 11.1 Å². The Balaban J connectivity index is 2.15. The second kappa shape index (κ2) is 5.66. The Kier molecular flexibility index (Phi) is 3.87. The zero-order chi connectivity index (χ0) is 15.0. The predicted octanol–water partition coefficient (Wildman–Crippen LogP) is 5.39. The van der Waals surface area contributed by atoms with E-state index in [1.165, 1.54) is 0 Å². The van der Waals surface area contributed by atoms with Gasteiger partial charge in [-0.15, -0.1) is 0 Å². The Hall–Kier alpha value is -1.59. The van der Waals surface area contributed by atoms with Crippen molar-refractivity contribution in [3.8, 4) is 0 Å². The number of benzene rings is 2. The fourth-order valence-electron chi connectivity index (χ4n) is 2.22. The van der Waals surface area contributed by atoms with Crippen LogP contribution in [0.3, 0.4) is 0 Å². The van der Waals surface area contributed by atoms with Gasteiger partial charge in [0.25, 0.3) is 0 Å². The van der Waals surface area contributed by atoms with Crippen LogP contribution in [0, 0.1) is 6.92 Å². The molecule has 0 bridgehead atoms. The third kappa shape index (κ3) is 2.89. The van der Waals surface area contributed by atoms with Crippen molar-refractivity contribution in [3.05, 3.63) is 57.1 Å². The summed E-state index contributed by atoms with van der Waals surface area (Å²) in [5, 5.41) is 4.42. The summed E-state index contributed by atoms with van der Waals surface area (Å²) in [6, 6.07) is 12.1. The largest absolute Gasteiger partial charge is 0.396 e. The lowest BCUT2D eigenvalue weighted by Crippen LogP contribution is -2.00. The number of aromatic nitrogens is 1. The van der Waals surface area contributed by atoms with Crippen LogP contribution in [0.25, 0.3) is 10.9 Å². The normalized spacial score (nSPS) is 10.8. The fraction of sp³-hybridized carbons (Fsp3) is 0.0625. The van der Waals surface area contributed by atoms with E-state index in [0.717, 1.165) is 36.8 Å². The highest BCUT2D eigenvalue weighted by atomic mass is 79.9. The number of nitrogens with two attached hydrogens (primary N) is 1. The third-order valence-corrected chi connectivity index (χ3v) is 4.29. The molecule has 0 saturated carbocycles. The van der Waals surface area contributed by atoms with E-state index >= 15 is 0 Å². The lowest BCUT2D eigenvalue weighted by atomic mass is 10.1. The van der Waals surface area contributed by atoms with Crippen molar-refractivity contribution in [1.29, 1.82) is 0 Å². The minimum atomic E-state index is 0.628. The highest BCUT2D eigenvalue weighted by molar-refractivity contribution is 9.10. The first-order valence-corrected chi connectivity index (χ1v) is 8.00. The first-order chi connectivity index (χ1) is 10.0. The number of anilines is 3. The van der Waals surface area contributed by atoms with E-state index in [9.17, 15) is 0 Å². The molecule has 3 nitrogen and oxygen atoms in total. The second-order valence-corrected chi connectivity index (χ2v) is 6.67. The van der Waals surface area contributed by atoms with Gasteiger partial charge in [-0.2, -0.15) is 0 Å². The van der Waals surface area contributed by atoms with Crippen LogP contribution in [0.15, 0.2) is 51.5 Å². The van der Waals surface area contributed by atoms with Gasteiger partial charge >= 0.3 is 0 Å². The van der Waals surface area contributed by atoms with E-state index in [-0.39, 0.29) is 0 Å². The Morgan fingerprint density at radius 1 is 1.05 bits per heavy atom. The van der Waals surface area contributed by atoms with Crippen LogP contribution in [-0.4, -0.2) is 4.98 Å². The summed E-state index contributed by atoms with van der Waals surface area (Å²) in [6.45, 7) is 2.06. The van der Waals surface area contributed by atoms with Crippen LogP contribution in [0.1, 0.15) is 5.56 Å². The van der Waals surface area contributed by atoms with Crippen LogP contribution in [0.4, 0.5) is 17.1 Å². The average molecular weight is 407 g/mol. The summed E-state index contributed by atoms with van der Waals surface area (Å²) in [4.78, 5) is 4.37. The first kappa shape index (κ1) is 14.4. The minimum absolute atomic E-state index is 0.628. The topological polar surface area (TPSA) is 50.9 Å². The van der Waals surface area contributed by atoms with E-state index in [1.807, 2.05) is 30.3 Å². The molecule has 0 spiro atoms. The number of nitrogens with zero attached hydrogens (tertiary/aromatic N) is 1. The van der Waals surface area contributed by atoms with E-state index < -0.39 is 0 Å². The van der Waals surface area contributed by atoms with Crippen molar-refractivity contribution in [3.63, 3.8) is 0 Å². The van der Waals surface area contributed by atoms with Crippen molar-refractivity contribution in [2.45, 2.75) is 6.92 Å². The van der Waals surface area contributed by atoms with Crippen molar-refractivity contribution in [2.24, 2.45) is 0 Å². The van der Waals surface area contributed by atoms with Gasteiger partial charge in [0.1, 0.15) is 0 Å². The van der Waals surface area contributed by atoms with Crippen LogP contribution in [0.5, 0.6) is 0 Å². The van der Waals surface area contributed by atoms with Crippen LogP contribution >= 0.6 is 31.9 Å². The van der Waals surface area contributed by atoms with Gasteiger partial charge in [0, 0.05) is 20.0 Å². The summed E-state index contributed by atoms with van der Waals surface area (Å²) < 4.78 is 2.05. The van der Waals surface area contributed by atoms with Crippen LogP contribution in [0.2, 0.25) is 0 Å². The zero-order valence-corrected chi connectivity index (χ0v) is 14.5. The summed E-state index contributed by atoms with van der Waals surface area (Å²) in [6.07, 6.45) is 1.69. The molecule has 0 fully saturated rings. The number of rotatable bonds is 2. The maximum atomic E-state index is 6.11. The Labute approximate surface area is 139 Å². The lowest BCUT2D eigenvalue weighted by Gasteiger charge is -2.14. The molecule has 0 amide bonds. The van der Waals surface area contributed by atoms with Gasteiger partial charge < -0.3 is 11.1 Å². The van der Waals surface area contributed by atoms with Gasteiger partial charge in [-0.3, -0.25) is 4.98 Å². The molecular weight excluding hydrogens is 394 g/mol. The number of fused-ring (bicyclic) bond motifs is 1. The Morgan fingerprint density at radius 2 is 1.76 bits per heavy atom. The molecule has 3 N–H and O–H groups in total. The second-order valence-electron chi connectivity index (χ2n) is 4.83. The number of hydrogen-bond acceptors (Lipinski definition) is 3. The Bertz CT molecular complexity index is 826. The number of nitrogens with one attached hydrogen (secondary N) is 1. The molecule has 0 aliphatic heterocycles. The predicted molar refractivity (Wildman–Crippen MR) is 96.0 cm³/mol. The Morgan fingerprint density at radius 3 is 2.52 bits per heavy atom. The first-order valence-electron chi connectivity index (χ1n) is 6.41. The molecule has 0 aliphatic rings. The fourth-order valence-corrected chi connectivity index (χ4v) is 3.06. The van der Waals surface area contributed by atoms with Crippen molar-refractivity contribution < 1.29 is 0 Å². The smallest absolute Gasteiger partial charge is 0.0746 e. The molecular formula is C16H13Br2N3. The van der Waals surface area contributed by atoms with Gasteiger partial charge in [-0.05, 0) is 48.9 Å². The van der Waals surface area contributed by atoms with E-state index in [2.05, 4.69) is 55.2 Å². The molecule has 0 saturated heterocycles. The molecule has 106 valence electrons. The van der Waals surface area contributed by atoms with E-state index in [1.54, 1.807) is 6.20 Å². The number of pyridine rings is 1. The number of hydrogen-bond donors (Lipinski definition) is 2. The van der Waals surface area contributed by atoms with E-state index in [4.69, 9.17) is 5.73 Å². The van der Waals surface area contributed by atoms with Gasteiger partial charge in [0.05, 0.1) is 23.1 Å². The molecule has 0 radical (unpaired) electrons. The van der Waals surface area contributed by atoms with Crippen molar-refractivity contribution >= 4 is 59.8 Å². The molecule has 1 aromatic heterocycles. The van der Waals surface area contributed by atoms with Gasteiger partial charge in [-0.25, -0.2) is 0 Å². The molecule has 21 heavy (non-hydrogen) atoms. The van der Waals surface area contributed by atoms with Gasteiger partial charge in [-0.1, -0.05) is 31.9 Å². The monoisotopic (exact) mass is 405 g/mol. The molecule has 3 rings (SSSR count). The zero-order valence-electron chi connectivity index (χ0n) is 11.3. The molecule has 2 aromatic carbocycles. The number of aryl methyl sites for hydroxylation is 1. The summed E-state index contributed by atoms with van der Waals surface area (Å²) in [5.74, 6) is 0. The summed E-state index contributed by atoms with van der Waals surface area (Å²) in [7, 11) is 0. The maximum absolute atomic E-state index is 6.11. The average Bonchev–Trinajstić information content (AvgIpc) is 2.44. The molecule has 1 heterocycles. The molecule has 0 unspecified atom stereocenters. The summed E-state index contributed by atoms with van der Waals surface area (Å²) in [5.41, 5.74) is 10.7. The molecule has 0 atom stereocenters.